The highest BCUT2D eigenvalue weighted by molar-refractivity contribution is 9.10. The van der Waals surface area contributed by atoms with Crippen LogP contribution in [0, 0.1) is 11.6 Å². The lowest BCUT2D eigenvalue weighted by Gasteiger charge is -2.15. The predicted molar refractivity (Wildman–Crippen MR) is 123 cm³/mol. The van der Waals surface area contributed by atoms with E-state index in [-0.39, 0.29) is 26.1 Å². The van der Waals surface area contributed by atoms with Crippen molar-refractivity contribution in [2.24, 2.45) is 0 Å². The molecule has 3 aromatic rings. The zero-order valence-electron chi connectivity index (χ0n) is 16.1. The Labute approximate surface area is 200 Å². The van der Waals surface area contributed by atoms with Crippen molar-refractivity contribution in [1.29, 1.82) is 0 Å². The summed E-state index contributed by atoms with van der Waals surface area (Å²) in [7, 11) is -7.67. The number of nitrogens with one attached hydrogen (secondary N) is 2. The molecule has 3 aromatic carbocycles. The highest BCUT2D eigenvalue weighted by Gasteiger charge is 2.26. The molecule has 0 heterocycles. The fraction of sp³-hybridized carbons (Fsp3) is 0.0526. The lowest BCUT2D eigenvalue weighted by atomic mass is 10.3. The van der Waals surface area contributed by atoms with Crippen LogP contribution in [0.2, 0.25) is 0 Å². The molecule has 0 bridgehead atoms. The van der Waals surface area contributed by atoms with E-state index in [4.69, 9.17) is 4.74 Å². The second-order valence-corrected chi connectivity index (χ2v) is 11.3. The van der Waals surface area contributed by atoms with Crippen molar-refractivity contribution in [3.8, 4) is 5.75 Å². The maximum atomic E-state index is 14.3. The first-order valence-corrected chi connectivity index (χ1v) is 13.1. The van der Waals surface area contributed by atoms with Gasteiger partial charge in [-0.3, -0.25) is 9.44 Å². The van der Waals surface area contributed by atoms with Gasteiger partial charge in [0.15, 0.2) is 11.6 Å². The van der Waals surface area contributed by atoms with Gasteiger partial charge in [-0.1, -0.05) is 12.1 Å². The number of anilines is 2. The van der Waals surface area contributed by atoms with Crippen LogP contribution in [0.1, 0.15) is 0 Å². The lowest BCUT2D eigenvalue weighted by Crippen LogP contribution is -2.18. The summed E-state index contributed by atoms with van der Waals surface area (Å²) in [5.41, 5.74) is -0.696. The van der Waals surface area contributed by atoms with E-state index in [9.17, 15) is 25.6 Å². The van der Waals surface area contributed by atoms with E-state index < -0.39 is 41.5 Å². The van der Waals surface area contributed by atoms with Crippen molar-refractivity contribution >= 4 is 63.3 Å². The van der Waals surface area contributed by atoms with E-state index in [1.54, 1.807) is 0 Å². The molecule has 0 atom stereocenters. The molecule has 0 aliphatic carbocycles. The molecule has 0 radical (unpaired) electrons. The fourth-order valence-electron chi connectivity index (χ4n) is 2.60. The maximum Gasteiger partial charge on any atom is 0.265 e. The lowest BCUT2D eigenvalue weighted by molar-refractivity contribution is 0.402. The molecule has 32 heavy (non-hydrogen) atoms. The average molecular weight is 612 g/mol. The third kappa shape index (κ3) is 5.05. The van der Waals surface area contributed by atoms with E-state index in [1.165, 1.54) is 43.5 Å². The Hall–Kier alpha value is -2.22. The molecule has 0 aromatic heterocycles. The minimum Gasteiger partial charge on any atom is -0.495 e. The molecule has 7 nitrogen and oxygen atoms in total. The normalized spacial score (nSPS) is 11.8. The highest BCUT2D eigenvalue weighted by atomic mass is 79.9. The van der Waals surface area contributed by atoms with Crippen LogP contribution in [0.5, 0.6) is 5.75 Å². The topological polar surface area (TPSA) is 102 Å². The van der Waals surface area contributed by atoms with E-state index >= 15 is 0 Å². The smallest absolute Gasteiger partial charge is 0.265 e. The molecule has 0 spiro atoms. The summed E-state index contributed by atoms with van der Waals surface area (Å²) in [6, 6.07) is 11.1. The number of hydrogen-bond donors (Lipinski definition) is 2. The van der Waals surface area contributed by atoms with Gasteiger partial charge in [-0.05, 0) is 74.3 Å². The van der Waals surface area contributed by atoms with Crippen molar-refractivity contribution in [3.63, 3.8) is 0 Å². The minimum atomic E-state index is -4.48. The van der Waals surface area contributed by atoms with Gasteiger partial charge in [-0.15, -0.1) is 0 Å². The van der Waals surface area contributed by atoms with Gasteiger partial charge < -0.3 is 4.74 Å². The SMILES string of the molecule is COc1ccc(S(=O)(=O)Nc2cccc(Br)c2F)cc1S(=O)(=O)Nc1cccc(Br)c1F. The number of ether oxygens (including phenoxy) is 1. The summed E-state index contributed by atoms with van der Waals surface area (Å²) in [6.45, 7) is 0. The van der Waals surface area contributed by atoms with Gasteiger partial charge in [0.05, 0.1) is 32.3 Å². The Kier molecular flexibility index (Phi) is 7.12. The van der Waals surface area contributed by atoms with Crippen molar-refractivity contribution in [1.82, 2.24) is 0 Å². The third-order valence-electron chi connectivity index (χ3n) is 4.13. The molecule has 3 rings (SSSR count). The molecule has 0 fully saturated rings. The zero-order valence-corrected chi connectivity index (χ0v) is 20.9. The van der Waals surface area contributed by atoms with Crippen LogP contribution in [0.25, 0.3) is 0 Å². The van der Waals surface area contributed by atoms with E-state index in [0.717, 1.165) is 18.2 Å². The first-order valence-electron chi connectivity index (χ1n) is 8.58. The highest BCUT2D eigenvalue weighted by Crippen LogP contribution is 2.32. The summed E-state index contributed by atoms with van der Waals surface area (Å²) in [6.07, 6.45) is 0. The number of hydrogen-bond acceptors (Lipinski definition) is 5. The van der Waals surface area contributed by atoms with Crippen LogP contribution in [0.3, 0.4) is 0 Å². The largest absolute Gasteiger partial charge is 0.495 e. The van der Waals surface area contributed by atoms with E-state index in [2.05, 4.69) is 41.3 Å². The molecule has 13 heteroatoms. The van der Waals surface area contributed by atoms with Crippen LogP contribution >= 0.6 is 31.9 Å². The predicted octanol–water partition coefficient (Wildman–Crippen LogP) is 5.10. The number of halogens is 4. The average Bonchev–Trinajstić information content (AvgIpc) is 2.74. The molecule has 0 aliphatic rings. The van der Waals surface area contributed by atoms with Gasteiger partial charge >= 0.3 is 0 Å². The molecule has 0 amide bonds. The standard InChI is InChI=1S/C19H14Br2F2N2O5S2/c1-30-16-9-8-11(31(26,27)24-14-6-2-4-12(20)18(14)22)10-17(16)32(28,29)25-15-7-3-5-13(21)19(15)23/h2-10,24-25H,1H3. The first-order chi connectivity index (χ1) is 15.0. The monoisotopic (exact) mass is 610 g/mol. The molecule has 0 unspecified atom stereocenters. The zero-order chi connectivity index (χ0) is 23.7. The summed E-state index contributed by atoms with van der Waals surface area (Å²) >= 11 is 5.92. The van der Waals surface area contributed by atoms with Crippen LogP contribution in [0.15, 0.2) is 73.3 Å². The molecule has 0 saturated heterocycles. The van der Waals surface area contributed by atoms with Crippen LogP contribution < -0.4 is 14.2 Å². The summed E-state index contributed by atoms with van der Waals surface area (Å²) in [4.78, 5) is -1.04. The van der Waals surface area contributed by atoms with E-state index in [0.29, 0.717) is 0 Å². The third-order valence-corrected chi connectivity index (χ3v) is 8.10. The summed E-state index contributed by atoms with van der Waals surface area (Å²) in [5.74, 6) is -1.88. The number of benzene rings is 3. The molecule has 0 saturated carbocycles. The number of rotatable bonds is 7. The van der Waals surface area contributed by atoms with Crippen molar-refractivity contribution in [3.05, 3.63) is 75.2 Å². The quantitative estimate of drug-likeness (QED) is 0.387. The Balaban J connectivity index is 2.04. The van der Waals surface area contributed by atoms with Crippen LogP contribution in [-0.2, 0) is 20.0 Å². The van der Waals surface area contributed by atoms with Crippen LogP contribution in [-0.4, -0.2) is 23.9 Å². The number of methoxy groups -OCH3 is 1. The Bertz CT molecular complexity index is 1400. The van der Waals surface area contributed by atoms with E-state index in [1.807, 2.05) is 0 Å². The summed E-state index contributed by atoms with van der Waals surface area (Å²) < 4.78 is 89.1. The van der Waals surface area contributed by atoms with Crippen molar-refractivity contribution in [2.45, 2.75) is 9.79 Å². The van der Waals surface area contributed by atoms with Crippen LogP contribution in [0.4, 0.5) is 20.2 Å². The van der Waals surface area contributed by atoms with Gasteiger partial charge in [0.25, 0.3) is 20.0 Å². The summed E-state index contributed by atoms with van der Waals surface area (Å²) in [5, 5.41) is 0. The number of sulfonamides is 2. The Morgan fingerprint density at radius 1 is 0.781 bits per heavy atom. The molecule has 0 aliphatic heterocycles. The van der Waals surface area contributed by atoms with Gasteiger partial charge in [0, 0.05) is 0 Å². The van der Waals surface area contributed by atoms with Gasteiger partial charge in [0.2, 0.25) is 0 Å². The Morgan fingerprint density at radius 2 is 1.28 bits per heavy atom. The van der Waals surface area contributed by atoms with Gasteiger partial charge in [-0.2, -0.15) is 0 Å². The second kappa shape index (κ2) is 9.33. The first kappa shape index (κ1) is 24.4. The molecule has 170 valence electrons. The van der Waals surface area contributed by atoms with Gasteiger partial charge in [0.1, 0.15) is 10.6 Å². The molecular formula is C19H14Br2F2N2O5S2. The second-order valence-electron chi connectivity index (χ2n) is 6.23. The minimum absolute atomic E-state index is 0.0289. The Morgan fingerprint density at radius 3 is 1.78 bits per heavy atom. The van der Waals surface area contributed by atoms with Crippen molar-refractivity contribution < 1.29 is 30.4 Å². The maximum absolute atomic E-state index is 14.3. The van der Waals surface area contributed by atoms with Crippen molar-refractivity contribution in [2.75, 3.05) is 16.6 Å². The molecule has 2 N–H and O–H groups in total. The van der Waals surface area contributed by atoms with Gasteiger partial charge in [-0.25, -0.2) is 25.6 Å². The fourth-order valence-corrected chi connectivity index (χ4v) is 5.75. The molecular weight excluding hydrogens is 598 g/mol.